The van der Waals surface area contributed by atoms with Crippen molar-refractivity contribution < 1.29 is 9.59 Å². The zero-order chi connectivity index (χ0) is 30.2. The van der Waals surface area contributed by atoms with E-state index in [2.05, 4.69) is 20.1 Å². The number of fused-ring (bicyclic) bond motifs is 4. The van der Waals surface area contributed by atoms with Crippen molar-refractivity contribution in [1.82, 2.24) is 14.5 Å². The van der Waals surface area contributed by atoms with Crippen LogP contribution in [0.3, 0.4) is 0 Å². The van der Waals surface area contributed by atoms with E-state index in [1.807, 2.05) is 58.0 Å². The van der Waals surface area contributed by atoms with Crippen molar-refractivity contribution in [3.05, 3.63) is 117 Å². The number of rotatable bonds is 5. The maximum atomic E-state index is 13.7. The fraction of sp³-hybridized carbons (Fsp3) is 0.294. The molecule has 1 N–H and O–H groups in total. The minimum absolute atomic E-state index is 0.0477. The number of benzene rings is 2. The Morgan fingerprint density at radius 3 is 2.39 bits per heavy atom. The first kappa shape index (κ1) is 28.2. The van der Waals surface area contributed by atoms with Crippen molar-refractivity contribution in [3.63, 3.8) is 0 Å². The zero-order valence-corrected chi connectivity index (χ0v) is 25.0. The van der Waals surface area contributed by atoms with Gasteiger partial charge in [-0.25, -0.2) is 0 Å². The molecule has 10 heteroatoms. The molecule has 224 valence electrons. The molecule has 3 aliphatic rings. The summed E-state index contributed by atoms with van der Waals surface area (Å²) in [7, 11) is 0. The standard InChI is InChI=1S/C34H33ClN6O3/c35-27-4-1-2-5-30(27)38-14-16-39(17-15-38)34(44)25-8-9-31(28(19-25)37-33(43)24-10-12-36-13-11-24)40-20-23-18-26(22-40)29-6-3-7-32(42)41(29)21-23/h1-13,19,23,26H,14-18,20-22H2,(H,37,43)/t23-,26+/m1/s1. The number of piperazine rings is 1. The lowest BCUT2D eigenvalue weighted by atomic mass is 9.83. The van der Waals surface area contributed by atoms with Crippen LogP contribution in [0.4, 0.5) is 17.1 Å². The van der Waals surface area contributed by atoms with Crippen molar-refractivity contribution in [3.8, 4) is 0 Å². The van der Waals surface area contributed by atoms with Gasteiger partial charge >= 0.3 is 0 Å². The molecule has 2 bridgehead atoms. The lowest BCUT2D eigenvalue weighted by molar-refractivity contribution is 0.0746. The van der Waals surface area contributed by atoms with Gasteiger partial charge in [0, 0.05) is 87.0 Å². The molecule has 2 atom stereocenters. The highest BCUT2D eigenvalue weighted by atomic mass is 35.5. The van der Waals surface area contributed by atoms with Crippen molar-refractivity contribution in [2.45, 2.75) is 18.9 Å². The van der Waals surface area contributed by atoms with Crippen LogP contribution in [0.25, 0.3) is 0 Å². The number of anilines is 3. The summed E-state index contributed by atoms with van der Waals surface area (Å²) in [5, 5.41) is 3.80. The van der Waals surface area contributed by atoms with E-state index in [0.29, 0.717) is 60.5 Å². The van der Waals surface area contributed by atoms with Gasteiger partial charge in [-0.05, 0) is 60.9 Å². The summed E-state index contributed by atoms with van der Waals surface area (Å²) in [6.45, 7) is 4.65. The first-order valence-electron chi connectivity index (χ1n) is 15.0. The highest BCUT2D eigenvalue weighted by Gasteiger charge is 2.35. The Hall–Kier alpha value is -4.63. The molecule has 2 aromatic heterocycles. The molecule has 4 aromatic rings. The molecule has 2 saturated heterocycles. The molecule has 0 unspecified atom stereocenters. The Morgan fingerprint density at radius 1 is 0.795 bits per heavy atom. The molecule has 5 heterocycles. The number of hydrogen-bond donors (Lipinski definition) is 1. The number of carbonyl (C=O) groups is 2. The predicted octanol–water partition coefficient (Wildman–Crippen LogP) is 4.74. The minimum atomic E-state index is -0.263. The lowest BCUT2D eigenvalue weighted by Crippen LogP contribution is -2.49. The fourth-order valence-electron chi connectivity index (χ4n) is 6.88. The van der Waals surface area contributed by atoms with Gasteiger partial charge in [-0.3, -0.25) is 19.4 Å². The maximum absolute atomic E-state index is 13.7. The van der Waals surface area contributed by atoms with Gasteiger partial charge in [-0.1, -0.05) is 29.8 Å². The quantitative estimate of drug-likeness (QED) is 0.352. The molecule has 3 aliphatic heterocycles. The first-order valence-corrected chi connectivity index (χ1v) is 15.4. The molecular formula is C34H33ClN6O3. The molecule has 9 nitrogen and oxygen atoms in total. The number of nitrogens with zero attached hydrogens (tertiary/aromatic N) is 5. The molecule has 2 fully saturated rings. The van der Waals surface area contributed by atoms with Gasteiger partial charge in [-0.15, -0.1) is 0 Å². The predicted molar refractivity (Wildman–Crippen MR) is 172 cm³/mol. The summed E-state index contributed by atoms with van der Waals surface area (Å²) in [6.07, 6.45) is 4.20. The van der Waals surface area contributed by atoms with E-state index in [4.69, 9.17) is 11.6 Å². The second-order valence-corrected chi connectivity index (χ2v) is 12.2. The second-order valence-electron chi connectivity index (χ2n) is 11.8. The molecule has 7 rings (SSSR count). The van der Waals surface area contributed by atoms with Crippen LogP contribution >= 0.6 is 11.6 Å². The van der Waals surface area contributed by atoms with Gasteiger partial charge < -0.3 is 24.6 Å². The monoisotopic (exact) mass is 608 g/mol. The number of para-hydroxylation sites is 1. The molecule has 2 aromatic carbocycles. The van der Waals surface area contributed by atoms with Crippen molar-refractivity contribution >= 4 is 40.5 Å². The van der Waals surface area contributed by atoms with Gasteiger partial charge in [0.15, 0.2) is 0 Å². The summed E-state index contributed by atoms with van der Waals surface area (Å²) in [4.78, 5) is 50.0. The number of aromatic nitrogens is 2. The number of amides is 2. The maximum Gasteiger partial charge on any atom is 0.255 e. The Morgan fingerprint density at radius 2 is 1.59 bits per heavy atom. The van der Waals surface area contributed by atoms with Gasteiger partial charge in [0.1, 0.15) is 0 Å². The Balaban J connectivity index is 1.15. The Bertz CT molecular complexity index is 1770. The molecule has 0 spiro atoms. The number of piperidine rings is 1. The number of carbonyl (C=O) groups excluding carboxylic acids is 2. The van der Waals surface area contributed by atoms with Crippen LogP contribution in [0.15, 0.2) is 90.0 Å². The van der Waals surface area contributed by atoms with Crippen LogP contribution in [-0.2, 0) is 6.54 Å². The van der Waals surface area contributed by atoms with Gasteiger partial charge in [0.2, 0.25) is 0 Å². The van der Waals surface area contributed by atoms with Crippen LogP contribution in [0.1, 0.15) is 38.7 Å². The Kier molecular flexibility index (Phi) is 7.56. The van der Waals surface area contributed by atoms with Crippen molar-refractivity contribution in [1.29, 1.82) is 0 Å². The van der Waals surface area contributed by atoms with Gasteiger partial charge in [-0.2, -0.15) is 0 Å². The summed E-state index contributed by atoms with van der Waals surface area (Å²) >= 11 is 6.42. The van der Waals surface area contributed by atoms with E-state index in [1.165, 1.54) is 0 Å². The van der Waals surface area contributed by atoms with Crippen molar-refractivity contribution in [2.75, 3.05) is 54.4 Å². The number of nitrogens with one attached hydrogen (secondary N) is 1. The third-order valence-electron chi connectivity index (χ3n) is 9.01. The van der Waals surface area contributed by atoms with E-state index in [1.54, 1.807) is 36.7 Å². The van der Waals surface area contributed by atoms with E-state index in [9.17, 15) is 14.4 Å². The van der Waals surface area contributed by atoms with E-state index in [0.717, 1.165) is 36.6 Å². The topological polar surface area (TPSA) is 90.8 Å². The van der Waals surface area contributed by atoms with Crippen LogP contribution in [0.2, 0.25) is 5.02 Å². The third kappa shape index (κ3) is 5.43. The molecule has 0 aliphatic carbocycles. The van der Waals surface area contributed by atoms with Crippen LogP contribution in [0.5, 0.6) is 0 Å². The lowest BCUT2D eigenvalue weighted by Gasteiger charge is -2.44. The van der Waals surface area contributed by atoms with E-state index < -0.39 is 0 Å². The highest BCUT2D eigenvalue weighted by Crippen LogP contribution is 2.39. The second kappa shape index (κ2) is 11.8. The normalized spacial score (nSPS) is 19.3. The van der Waals surface area contributed by atoms with Crippen LogP contribution < -0.4 is 20.7 Å². The number of pyridine rings is 2. The van der Waals surface area contributed by atoms with Crippen molar-refractivity contribution in [2.24, 2.45) is 5.92 Å². The van der Waals surface area contributed by atoms with Crippen LogP contribution in [0, 0.1) is 5.92 Å². The molecule has 44 heavy (non-hydrogen) atoms. The Labute approximate surface area is 260 Å². The average molecular weight is 609 g/mol. The summed E-state index contributed by atoms with van der Waals surface area (Å²) in [6, 6.07) is 22.2. The largest absolute Gasteiger partial charge is 0.369 e. The van der Waals surface area contributed by atoms with Crippen LogP contribution in [-0.4, -0.2) is 65.5 Å². The minimum Gasteiger partial charge on any atom is -0.369 e. The fourth-order valence-corrected chi connectivity index (χ4v) is 7.13. The van der Waals surface area contributed by atoms with Gasteiger partial charge in [0.25, 0.3) is 17.4 Å². The molecular weight excluding hydrogens is 576 g/mol. The summed E-state index contributed by atoms with van der Waals surface area (Å²) < 4.78 is 1.91. The highest BCUT2D eigenvalue weighted by molar-refractivity contribution is 6.33. The zero-order valence-electron chi connectivity index (χ0n) is 24.2. The average Bonchev–Trinajstić information content (AvgIpc) is 3.05. The summed E-state index contributed by atoms with van der Waals surface area (Å²) in [5.74, 6) is 0.177. The number of halogens is 1. The van der Waals surface area contributed by atoms with E-state index >= 15 is 0 Å². The summed E-state index contributed by atoms with van der Waals surface area (Å²) in [5.41, 5.74) is 4.56. The smallest absolute Gasteiger partial charge is 0.255 e. The van der Waals surface area contributed by atoms with Gasteiger partial charge in [0.05, 0.1) is 22.1 Å². The number of hydrogen-bond acceptors (Lipinski definition) is 6. The third-order valence-corrected chi connectivity index (χ3v) is 9.33. The van der Waals surface area contributed by atoms with E-state index in [-0.39, 0.29) is 23.3 Å². The molecule has 0 radical (unpaired) electrons. The molecule has 0 saturated carbocycles. The SMILES string of the molecule is O=C(Nc1cc(C(=O)N2CCN(c3ccccc3Cl)CC2)ccc1N1C[C@H]2C[C@@H](C1)c1cccc(=O)n1C2)c1ccncc1. The first-order chi connectivity index (χ1) is 21.4. The molecule has 2 amide bonds.